The lowest BCUT2D eigenvalue weighted by Crippen LogP contribution is -2.51. The minimum absolute atomic E-state index is 0. The number of hydrogen-bond acceptors (Lipinski definition) is 2. The lowest BCUT2D eigenvalue weighted by Gasteiger charge is -2.36. The van der Waals surface area contributed by atoms with E-state index in [1.807, 2.05) is 18.2 Å². The van der Waals surface area contributed by atoms with E-state index in [1.165, 1.54) is 17.7 Å². The quantitative estimate of drug-likeness (QED) is 0.429. The Labute approximate surface area is 170 Å². The van der Waals surface area contributed by atoms with E-state index in [0.29, 0.717) is 17.9 Å². The SMILES string of the molecule is I.NC(=NC1CC1c1ccccc1)N1CCN(c2ccc(F)cc2)CC1. The molecule has 1 aliphatic heterocycles. The molecular weight excluding hydrogens is 442 g/mol. The summed E-state index contributed by atoms with van der Waals surface area (Å²) < 4.78 is 13.0. The fourth-order valence-electron chi connectivity index (χ4n) is 3.48. The number of halogens is 2. The molecule has 2 atom stereocenters. The van der Waals surface area contributed by atoms with Gasteiger partial charge in [0, 0.05) is 37.8 Å². The Hall–Kier alpha value is -1.83. The van der Waals surface area contributed by atoms with Gasteiger partial charge in [0.25, 0.3) is 0 Å². The number of nitrogens with zero attached hydrogens (tertiary/aromatic N) is 3. The van der Waals surface area contributed by atoms with Crippen LogP contribution < -0.4 is 10.6 Å². The molecule has 0 aromatic heterocycles. The summed E-state index contributed by atoms with van der Waals surface area (Å²) in [5.74, 6) is 0.971. The molecule has 0 amide bonds. The fourth-order valence-corrected chi connectivity index (χ4v) is 3.48. The molecule has 26 heavy (non-hydrogen) atoms. The zero-order chi connectivity index (χ0) is 17.2. The molecule has 2 N–H and O–H groups in total. The lowest BCUT2D eigenvalue weighted by atomic mass is 10.1. The van der Waals surface area contributed by atoms with Crippen LogP contribution >= 0.6 is 24.0 Å². The monoisotopic (exact) mass is 466 g/mol. The first-order valence-corrected chi connectivity index (χ1v) is 8.84. The van der Waals surface area contributed by atoms with Gasteiger partial charge in [0.2, 0.25) is 0 Å². The third kappa shape index (κ3) is 4.28. The van der Waals surface area contributed by atoms with E-state index in [2.05, 4.69) is 34.1 Å². The van der Waals surface area contributed by atoms with Crippen molar-refractivity contribution in [1.29, 1.82) is 0 Å². The molecule has 0 bridgehead atoms. The number of nitrogens with two attached hydrogens (primary N) is 1. The third-order valence-electron chi connectivity index (χ3n) is 5.08. The number of aliphatic imine (C=N–C) groups is 1. The van der Waals surface area contributed by atoms with Crippen molar-refractivity contribution < 1.29 is 4.39 Å². The summed E-state index contributed by atoms with van der Waals surface area (Å²) in [6.07, 6.45) is 1.08. The topological polar surface area (TPSA) is 44.9 Å². The highest BCUT2D eigenvalue weighted by atomic mass is 127. The van der Waals surface area contributed by atoms with Crippen molar-refractivity contribution in [3.8, 4) is 0 Å². The molecule has 1 saturated carbocycles. The summed E-state index contributed by atoms with van der Waals surface area (Å²) in [7, 11) is 0. The van der Waals surface area contributed by atoms with Gasteiger partial charge in [-0.3, -0.25) is 0 Å². The Morgan fingerprint density at radius 1 is 0.962 bits per heavy atom. The van der Waals surface area contributed by atoms with Crippen LogP contribution in [-0.4, -0.2) is 43.1 Å². The Morgan fingerprint density at radius 3 is 2.27 bits per heavy atom. The van der Waals surface area contributed by atoms with Gasteiger partial charge in [-0.2, -0.15) is 0 Å². The molecule has 2 unspecified atom stereocenters. The van der Waals surface area contributed by atoms with Gasteiger partial charge in [-0.05, 0) is 36.2 Å². The fraction of sp³-hybridized carbons (Fsp3) is 0.350. The normalized spacial score (nSPS) is 22.7. The standard InChI is InChI=1S/C20H23FN4.HI/c21-16-6-8-17(9-7-16)24-10-12-25(13-11-24)20(22)23-19-14-18(19)15-4-2-1-3-5-15;/h1-9,18-19H,10-14H2,(H2,22,23);1H. The number of guanidine groups is 1. The van der Waals surface area contributed by atoms with Gasteiger partial charge in [-0.25, -0.2) is 9.38 Å². The van der Waals surface area contributed by atoms with E-state index in [0.717, 1.165) is 38.3 Å². The van der Waals surface area contributed by atoms with Gasteiger partial charge in [-0.1, -0.05) is 30.3 Å². The summed E-state index contributed by atoms with van der Waals surface area (Å²) in [4.78, 5) is 9.14. The highest BCUT2D eigenvalue weighted by Crippen LogP contribution is 2.43. The van der Waals surface area contributed by atoms with E-state index in [4.69, 9.17) is 10.7 Å². The van der Waals surface area contributed by atoms with Crippen molar-refractivity contribution >= 4 is 35.6 Å². The molecule has 1 heterocycles. The summed E-state index contributed by atoms with van der Waals surface area (Å²) in [6, 6.07) is 17.5. The van der Waals surface area contributed by atoms with Crippen molar-refractivity contribution in [3.63, 3.8) is 0 Å². The maximum Gasteiger partial charge on any atom is 0.191 e. The van der Waals surface area contributed by atoms with Crippen LogP contribution in [0.3, 0.4) is 0 Å². The summed E-state index contributed by atoms with van der Waals surface area (Å²) in [6.45, 7) is 3.42. The first-order chi connectivity index (χ1) is 12.2. The molecule has 1 saturated heterocycles. The Bertz CT molecular complexity index is 742. The molecule has 0 spiro atoms. The van der Waals surface area contributed by atoms with E-state index >= 15 is 0 Å². The molecule has 4 nitrogen and oxygen atoms in total. The van der Waals surface area contributed by atoms with E-state index in [-0.39, 0.29) is 29.8 Å². The molecule has 2 aromatic rings. The van der Waals surface area contributed by atoms with E-state index < -0.39 is 0 Å². The van der Waals surface area contributed by atoms with E-state index in [1.54, 1.807) is 0 Å². The second-order valence-electron chi connectivity index (χ2n) is 6.76. The van der Waals surface area contributed by atoms with Gasteiger partial charge >= 0.3 is 0 Å². The van der Waals surface area contributed by atoms with Crippen LogP contribution in [0.4, 0.5) is 10.1 Å². The van der Waals surface area contributed by atoms with E-state index in [9.17, 15) is 4.39 Å². The molecule has 1 aliphatic carbocycles. The molecule has 138 valence electrons. The average Bonchev–Trinajstić information content (AvgIpc) is 3.42. The van der Waals surface area contributed by atoms with Crippen LogP contribution in [0.2, 0.25) is 0 Å². The second kappa shape index (κ2) is 8.24. The van der Waals surface area contributed by atoms with Gasteiger partial charge in [-0.15, -0.1) is 24.0 Å². The summed E-state index contributed by atoms with van der Waals surface area (Å²) >= 11 is 0. The minimum atomic E-state index is -0.198. The van der Waals surface area contributed by atoms with Crippen molar-refractivity contribution in [2.75, 3.05) is 31.1 Å². The first kappa shape index (κ1) is 18.9. The van der Waals surface area contributed by atoms with Crippen molar-refractivity contribution in [1.82, 2.24) is 4.90 Å². The Morgan fingerprint density at radius 2 is 1.62 bits per heavy atom. The first-order valence-electron chi connectivity index (χ1n) is 8.84. The number of rotatable bonds is 3. The van der Waals surface area contributed by atoms with Gasteiger partial charge in [0.15, 0.2) is 5.96 Å². The maximum atomic E-state index is 13.0. The van der Waals surface area contributed by atoms with Gasteiger partial charge in [0.1, 0.15) is 5.82 Å². The lowest BCUT2D eigenvalue weighted by molar-refractivity contribution is 0.380. The van der Waals surface area contributed by atoms with Crippen LogP contribution in [0, 0.1) is 5.82 Å². The van der Waals surface area contributed by atoms with Gasteiger partial charge in [0.05, 0.1) is 6.04 Å². The molecule has 0 radical (unpaired) electrons. The number of hydrogen-bond donors (Lipinski definition) is 1. The van der Waals surface area contributed by atoms with Gasteiger partial charge < -0.3 is 15.5 Å². The molecule has 2 aliphatic rings. The van der Waals surface area contributed by atoms with Crippen LogP contribution in [0.15, 0.2) is 59.6 Å². The maximum absolute atomic E-state index is 13.0. The molecule has 6 heteroatoms. The van der Waals surface area contributed by atoms with Crippen LogP contribution in [-0.2, 0) is 0 Å². The summed E-state index contributed by atoms with van der Waals surface area (Å²) in [5, 5.41) is 0. The zero-order valence-electron chi connectivity index (χ0n) is 14.6. The number of anilines is 1. The van der Waals surface area contributed by atoms with Crippen LogP contribution in [0.1, 0.15) is 17.9 Å². The van der Waals surface area contributed by atoms with Crippen molar-refractivity contribution in [3.05, 3.63) is 66.0 Å². The number of benzene rings is 2. The van der Waals surface area contributed by atoms with Crippen LogP contribution in [0.5, 0.6) is 0 Å². The largest absolute Gasteiger partial charge is 0.370 e. The van der Waals surface area contributed by atoms with Crippen molar-refractivity contribution in [2.24, 2.45) is 10.7 Å². The zero-order valence-corrected chi connectivity index (χ0v) is 16.9. The average molecular weight is 466 g/mol. The predicted octanol–water partition coefficient (Wildman–Crippen LogP) is 3.44. The third-order valence-corrected chi connectivity index (χ3v) is 5.08. The Kier molecular flexibility index (Phi) is 6.01. The van der Waals surface area contributed by atoms with Crippen LogP contribution in [0.25, 0.3) is 0 Å². The number of piperazine rings is 1. The summed E-state index contributed by atoms with van der Waals surface area (Å²) in [5.41, 5.74) is 8.65. The highest BCUT2D eigenvalue weighted by Gasteiger charge is 2.38. The molecule has 2 fully saturated rings. The highest BCUT2D eigenvalue weighted by molar-refractivity contribution is 14.0. The minimum Gasteiger partial charge on any atom is -0.370 e. The molecule has 4 rings (SSSR count). The molecular formula is C20H24FIN4. The predicted molar refractivity (Wildman–Crippen MR) is 115 cm³/mol. The second-order valence-corrected chi connectivity index (χ2v) is 6.76. The molecule has 2 aromatic carbocycles. The Balaban J connectivity index is 0.00000196. The van der Waals surface area contributed by atoms with Crippen molar-refractivity contribution in [2.45, 2.75) is 18.4 Å². The smallest absolute Gasteiger partial charge is 0.191 e.